The van der Waals surface area contributed by atoms with E-state index in [0.717, 1.165) is 41.6 Å². The van der Waals surface area contributed by atoms with Gasteiger partial charge < -0.3 is 24.7 Å². The van der Waals surface area contributed by atoms with Gasteiger partial charge in [-0.05, 0) is 25.5 Å². The summed E-state index contributed by atoms with van der Waals surface area (Å²) in [6.07, 6.45) is 2.82. The summed E-state index contributed by atoms with van der Waals surface area (Å²) in [5.41, 5.74) is 2.20. The Hall–Kier alpha value is -2.14. The van der Waals surface area contributed by atoms with Crippen LogP contribution in [-0.4, -0.2) is 46.6 Å². The SMILES string of the molecule is C=CCNC(=NCc1ccc(C)cc1OC1CCOC1)NCc1nnc(C)n1C.I. The molecule has 1 unspecified atom stereocenters. The van der Waals surface area contributed by atoms with E-state index >= 15 is 0 Å². The Bertz CT molecular complexity index is 861. The smallest absolute Gasteiger partial charge is 0.192 e. The van der Waals surface area contributed by atoms with E-state index in [-0.39, 0.29) is 30.1 Å². The number of nitrogens with zero attached hydrogens (tertiary/aromatic N) is 4. The summed E-state index contributed by atoms with van der Waals surface area (Å²) in [4.78, 5) is 4.73. The van der Waals surface area contributed by atoms with Gasteiger partial charge in [0.05, 0.1) is 26.3 Å². The molecular weight excluding hydrogens is 495 g/mol. The number of rotatable bonds is 8. The fraction of sp³-hybridized carbons (Fsp3) is 0.476. The molecule has 30 heavy (non-hydrogen) atoms. The van der Waals surface area contributed by atoms with E-state index in [0.29, 0.717) is 32.2 Å². The number of hydrogen-bond donors (Lipinski definition) is 2. The van der Waals surface area contributed by atoms with Crippen LogP contribution in [0.15, 0.2) is 35.8 Å². The lowest BCUT2D eigenvalue weighted by molar-refractivity contribution is 0.140. The molecule has 1 aliphatic heterocycles. The maximum Gasteiger partial charge on any atom is 0.192 e. The van der Waals surface area contributed by atoms with Crippen LogP contribution in [0.5, 0.6) is 5.75 Å². The number of benzene rings is 1. The molecule has 1 aliphatic rings. The van der Waals surface area contributed by atoms with Crippen LogP contribution >= 0.6 is 24.0 Å². The number of aliphatic imine (C=N–C) groups is 1. The van der Waals surface area contributed by atoms with Gasteiger partial charge in [-0.2, -0.15) is 0 Å². The largest absolute Gasteiger partial charge is 0.488 e. The first-order valence-corrected chi connectivity index (χ1v) is 9.88. The molecule has 1 aromatic carbocycles. The Kier molecular flexibility index (Phi) is 9.57. The monoisotopic (exact) mass is 526 g/mol. The Balaban J connectivity index is 0.00000320. The van der Waals surface area contributed by atoms with Gasteiger partial charge in [-0.1, -0.05) is 18.2 Å². The average Bonchev–Trinajstić information content (AvgIpc) is 3.33. The van der Waals surface area contributed by atoms with E-state index in [1.165, 1.54) is 0 Å². The third kappa shape index (κ3) is 6.69. The van der Waals surface area contributed by atoms with E-state index in [4.69, 9.17) is 14.5 Å². The predicted octanol–water partition coefficient (Wildman–Crippen LogP) is 2.64. The van der Waals surface area contributed by atoms with E-state index in [2.05, 4.69) is 52.5 Å². The minimum atomic E-state index is 0. The zero-order valence-electron chi connectivity index (χ0n) is 17.9. The van der Waals surface area contributed by atoms with Crippen molar-refractivity contribution in [2.45, 2.75) is 39.5 Å². The van der Waals surface area contributed by atoms with Crippen molar-refractivity contribution in [1.29, 1.82) is 0 Å². The number of aromatic nitrogens is 3. The number of ether oxygens (including phenoxy) is 2. The molecule has 2 N–H and O–H groups in total. The second-order valence-corrected chi connectivity index (χ2v) is 7.13. The Morgan fingerprint density at radius 3 is 2.87 bits per heavy atom. The molecule has 0 bridgehead atoms. The molecule has 0 saturated carbocycles. The number of hydrogen-bond acceptors (Lipinski definition) is 5. The second-order valence-electron chi connectivity index (χ2n) is 7.13. The Labute approximate surface area is 195 Å². The topological polar surface area (TPSA) is 85.6 Å². The minimum Gasteiger partial charge on any atom is -0.488 e. The van der Waals surface area contributed by atoms with Gasteiger partial charge in [-0.3, -0.25) is 0 Å². The summed E-state index contributed by atoms with van der Waals surface area (Å²) in [5, 5.41) is 14.8. The number of guanidine groups is 1. The normalized spacial score (nSPS) is 16.1. The van der Waals surface area contributed by atoms with Gasteiger partial charge in [0.1, 0.15) is 17.7 Å². The van der Waals surface area contributed by atoms with Gasteiger partial charge in [0.2, 0.25) is 0 Å². The molecule has 0 aliphatic carbocycles. The maximum absolute atomic E-state index is 6.18. The molecule has 0 spiro atoms. The lowest BCUT2D eigenvalue weighted by Crippen LogP contribution is -2.37. The van der Waals surface area contributed by atoms with Crippen LogP contribution in [0.2, 0.25) is 0 Å². The first-order chi connectivity index (χ1) is 14.1. The average molecular weight is 526 g/mol. The van der Waals surface area contributed by atoms with Crippen molar-refractivity contribution in [3.8, 4) is 5.75 Å². The molecule has 9 heteroatoms. The van der Waals surface area contributed by atoms with Crippen molar-refractivity contribution in [3.63, 3.8) is 0 Å². The predicted molar refractivity (Wildman–Crippen MR) is 128 cm³/mol. The van der Waals surface area contributed by atoms with Crippen molar-refractivity contribution in [3.05, 3.63) is 53.6 Å². The highest BCUT2D eigenvalue weighted by Crippen LogP contribution is 2.24. The summed E-state index contributed by atoms with van der Waals surface area (Å²) in [7, 11) is 1.95. The third-order valence-corrected chi connectivity index (χ3v) is 4.82. The fourth-order valence-electron chi connectivity index (χ4n) is 2.96. The lowest BCUT2D eigenvalue weighted by atomic mass is 10.1. The van der Waals surface area contributed by atoms with Crippen molar-refractivity contribution in [1.82, 2.24) is 25.4 Å². The summed E-state index contributed by atoms with van der Waals surface area (Å²) < 4.78 is 13.6. The van der Waals surface area contributed by atoms with Gasteiger partial charge in [0.15, 0.2) is 11.8 Å². The third-order valence-electron chi connectivity index (χ3n) is 4.82. The molecule has 1 fully saturated rings. The molecular formula is C21H31IN6O2. The van der Waals surface area contributed by atoms with Gasteiger partial charge >= 0.3 is 0 Å². The molecule has 1 aromatic heterocycles. The molecule has 0 amide bonds. The van der Waals surface area contributed by atoms with Gasteiger partial charge in [0.25, 0.3) is 0 Å². The van der Waals surface area contributed by atoms with Crippen LogP contribution in [-0.2, 0) is 24.9 Å². The number of halogens is 1. The molecule has 164 valence electrons. The zero-order chi connectivity index (χ0) is 20.6. The first-order valence-electron chi connectivity index (χ1n) is 9.88. The Morgan fingerprint density at radius 1 is 1.37 bits per heavy atom. The van der Waals surface area contributed by atoms with Crippen LogP contribution in [0, 0.1) is 13.8 Å². The molecule has 2 heterocycles. The van der Waals surface area contributed by atoms with Crippen LogP contribution in [0.4, 0.5) is 0 Å². The van der Waals surface area contributed by atoms with E-state index in [9.17, 15) is 0 Å². The van der Waals surface area contributed by atoms with Crippen molar-refractivity contribution >= 4 is 29.9 Å². The van der Waals surface area contributed by atoms with Crippen molar-refractivity contribution in [2.24, 2.45) is 12.0 Å². The summed E-state index contributed by atoms with van der Waals surface area (Å²) >= 11 is 0. The summed E-state index contributed by atoms with van der Waals surface area (Å²) in [6.45, 7) is 10.8. The van der Waals surface area contributed by atoms with Crippen molar-refractivity contribution < 1.29 is 9.47 Å². The molecule has 0 radical (unpaired) electrons. The second kappa shape index (κ2) is 11.9. The molecule has 8 nitrogen and oxygen atoms in total. The molecule has 1 atom stereocenters. The number of aryl methyl sites for hydroxylation is 2. The number of nitrogens with one attached hydrogen (secondary N) is 2. The van der Waals surface area contributed by atoms with E-state index in [1.54, 1.807) is 6.08 Å². The molecule has 1 saturated heterocycles. The van der Waals surface area contributed by atoms with Crippen molar-refractivity contribution in [2.75, 3.05) is 19.8 Å². The lowest BCUT2D eigenvalue weighted by Gasteiger charge is -2.16. The highest BCUT2D eigenvalue weighted by molar-refractivity contribution is 14.0. The van der Waals surface area contributed by atoms with E-state index in [1.807, 2.05) is 18.5 Å². The highest BCUT2D eigenvalue weighted by atomic mass is 127. The quantitative estimate of drug-likeness (QED) is 0.238. The van der Waals surface area contributed by atoms with Gasteiger partial charge in [0, 0.05) is 25.6 Å². The van der Waals surface area contributed by atoms with Gasteiger partial charge in [-0.15, -0.1) is 40.8 Å². The van der Waals surface area contributed by atoms with Crippen LogP contribution in [0.3, 0.4) is 0 Å². The molecule has 3 rings (SSSR count). The highest BCUT2D eigenvalue weighted by Gasteiger charge is 2.18. The zero-order valence-corrected chi connectivity index (χ0v) is 20.2. The Morgan fingerprint density at radius 2 is 2.20 bits per heavy atom. The van der Waals surface area contributed by atoms with Crippen LogP contribution < -0.4 is 15.4 Å². The summed E-state index contributed by atoms with van der Waals surface area (Å²) in [5.74, 6) is 3.27. The first kappa shape index (κ1) is 24.1. The maximum atomic E-state index is 6.18. The van der Waals surface area contributed by atoms with Gasteiger partial charge in [-0.25, -0.2) is 4.99 Å². The summed E-state index contributed by atoms with van der Waals surface area (Å²) in [6, 6.07) is 6.21. The van der Waals surface area contributed by atoms with Crippen LogP contribution in [0.1, 0.15) is 29.2 Å². The standard InChI is InChI=1S/C21H30N6O2.HI/c1-5-9-22-21(24-13-20-26-25-16(3)27(20)4)23-12-17-7-6-15(2)11-19(17)29-18-8-10-28-14-18;/h5-7,11,18H,1,8-10,12-14H2,2-4H3,(H2,22,23,24);1H. The van der Waals surface area contributed by atoms with Crippen LogP contribution in [0.25, 0.3) is 0 Å². The fourth-order valence-corrected chi connectivity index (χ4v) is 2.96. The molecule has 2 aromatic rings. The van der Waals surface area contributed by atoms with E-state index < -0.39 is 0 Å². The minimum absolute atomic E-state index is 0.